The van der Waals surface area contributed by atoms with Crippen LogP contribution in [-0.2, 0) is 6.42 Å². The number of fused-ring (bicyclic) bond motifs is 2. The molecule has 10 heteroatoms. The van der Waals surface area contributed by atoms with E-state index in [4.69, 9.17) is 0 Å². The average Bonchev–Trinajstić information content (AvgIpc) is 3.23. The summed E-state index contributed by atoms with van der Waals surface area (Å²) in [5, 5.41) is 2.96. The molecular weight excluding hydrogens is 404 g/mol. The van der Waals surface area contributed by atoms with Gasteiger partial charge in [-0.2, -0.15) is 14.4 Å². The fourth-order valence-corrected chi connectivity index (χ4v) is 3.47. The van der Waals surface area contributed by atoms with Crippen molar-refractivity contribution < 1.29 is 8.78 Å². The Labute approximate surface area is 173 Å². The van der Waals surface area contributed by atoms with Gasteiger partial charge in [0.15, 0.2) is 11.5 Å². The second kappa shape index (κ2) is 7.56. The lowest BCUT2D eigenvalue weighted by atomic mass is 10.2. The predicted molar refractivity (Wildman–Crippen MR) is 111 cm³/mol. The molecule has 0 fully saturated rings. The molecule has 0 amide bonds. The van der Waals surface area contributed by atoms with Crippen LogP contribution in [0, 0.1) is 11.9 Å². The Bertz CT molecular complexity index is 1460. The Kier molecular flexibility index (Phi) is 4.58. The molecule has 0 spiro atoms. The van der Waals surface area contributed by atoms with Crippen LogP contribution in [0.1, 0.15) is 5.82 Å². The van der Waals surface area contributed by atoms with Gasteiger partial charge in [-0.25, -0.2) is 14.4 Å². The number of para-hydroxylation sites is 1. The van der Waals surface area contributed by atoms with E-state index in [1.807, 2.05) is 6.07 Å². The largest absolute Gasteiger partial charge is 0.368 e. The van der Waals surface area contributed by atoms with E-state index in [9.17, 15) is 13.6 Å². The fourth-order valence-electron chi connectivity index (χ4n) is 3.47. The van der Waals surface area contributed by atoms with E-state index in [-0.39, 0.29) is 35.3 Å². The zero-order valence-electron chi connectivity index (χ0n) is 16.0. The number of nitrogens with one attached hydrogen (secondary N) is 2. The van der Waals surface area contributed by atoms with Crippen LogP contribution >= 0.6 is 0 Å². The van der Waals surface area contributed by atoms with E-state index in [2.05, 4.69) is 30.2 Å². The van der Waals surface area contributed by atoms with Crippen molar-refractivity contribution in [3.05, 3.63) is 82.9 Å². The molecule has 2 N–H and O–H groups in total. The lowest BCUT2D eigenvalue weighted by Crippen LogP contribution is -2.26. The number of hydrogen-bond acceptors (Lipinski definition) is 6. The monoisotopic (exact) mass is 419 g/mol. The number of hydrogen-bond donors (Lipinski definition) is 2. The molecule has 0 saturated heterocycles. The Morgan fingerprint density at radius 1 is 1.00 bits per heavy atom. The molecule has 5 rings (SSSR count). The molecule has 2 aromatic carbocycles. The third-order valence-electron chi connectivity index (χ3n) is 4.83. The second-order valence-corrected chi connectivity index (χ2v) is 6.76. The third kappa shape index (κ3) is 3.37. The summed E-state index contributed by atoms with van der Waals surface area (Å²) >= 11 is 0. The summed E-state index contributed by atoms with van der Waals surface area (Å²) in [6.07, 6.45) is 0.788. The summed E-state index contributed by atoms with van der Waals surface area (Å²) in [6, 6.07) is 13.2. The van der Waals surface area contributed by atoms with Crippen LogP contribution in [0.4, 0.5) is 14.6 Å². The molecule has 3 heterocycles. The number of imidazole rings is 1. The van der Waals surface area contributed by atoms with Gasteiger partial charge in [0, 0.05) is 13.0 Å². The standard InChI is InChI=1S/C21H15F2N7O/c22-13-7-4-8-14-16(13)20(31)30(12-5-2-1-3-6-12)15(27-14)9-10-24-18-17-19(26-11-25-17)29-21(23)28-18/h1-8,11H,9-10H2,(H2,24,25,26,28,29). The second-order valence-electron chi connectivity index (χ2n) is 6.76. The first-order valence-corrected chi connectivity index (χ1v) is 9.48. The maximum Gasteiger partial charge on any atom is 0.312 e. The highest BCUT2D eigenvalue weighted by atomic mass is 19.1. The van der Waals surface area contributed by atoms with Crippen LogP contribution < -0.4 is 10.9 Å². The maximum absolute atomic E-state index is 14.4. The normalized spacial score (nSPS) is 11.3. The Morgan fingerprint density at radius 3 is 2.68 bits per heavy atom. The first kappa shape index (κ1) is 18.8. The SMILES string of the molecule is O=c1c2c(F)cccc2nc(CCNc2nc(F)nc3nc[nH]c23)n1-c1ccccc1. The van der Waals surface area contributed by atoms with Gasteiger partial charge in [0.25, 0.3) is 5.56 Å². The molecule has 0 aliphatic heterocycles. The first-order valence-electron chi connectivity index (χ1n) is 9.48. The zero-order valence-corrected chi connectivity index (χ0v) is 16.0. The minimum atomic E-state index is -0.900. The van der Waals surface area contributed by atoms with Crippen molar-refractivity contribution in [2.24, 2.45) is 0 Å². The van der Waals surface area contributed by atoms with Crippen LogP contribution in [0.5, 0.6) is 0 Å². The molecular formula is C21H15F2N7O. The highest BCUT2D eigenvalue weighted by Gasteiger charge is 2.16. The minimum Gasteiger partial charge on any atom is -0.368 e. The number of H-pyrrole nitrogens is 1. The Hall–Kier alpha value is -4.21. The molecule has 3 aromatic heterocycles. The number of anilines is 1. The van der Waals surface area contributed by atoms with Crippen LogP contribution in [0.15, 0.2) is 59.7 Å². The molecule has 0 radical (unpaired) electrons. The lowest BCUT2D eigenvalue weighted by molar-refractivity contribution is 0.545. The van der Waals surface area contributed by atoms with Crippen molar-refractivity contribution in [3.8, 4) is 5.69 Å². The van der Waals surface area contributed by atoms with E-state index in [1.165, 1.54) is 23.0 Å². The van der Waals surface area contributed by atoms with Gasteiger partial charge in [-0.15, -0.1) is 0 Å². The van der Waals surface area contributed by atoms with Gasteiger partial charge >= 0.3 is 6.08 Å². The van der Waals surface area contributed by atoms with Crippen molar-refractivity contribution in [1.29, 1.82) is 0 Å². The van der Waals surface area contributed by atoms with E-state index in [0.717, 1.165) is 0 Å². The summed E-state index contributed by atoms with van der Waals surface area (Å²) in [6.45, 7) is 0.282. The zero-order chi connectivity index (χ0) is 21.4. The number of rotatable bonds is 5. The fraction of sp³-hybridized carbons (Fsp3) is 0.0952. The molecule has 0 bridgehead atoms. The van der Waals surface area contributed by atoms with Crippen LogP contribution in [-0.4, -0.2) is 36.0 Å². The number of halogens is 2. The first-order chi connectivity index (χ1) is 15.1. The summed E-state index contributed by atoms with van der Waals surface area (Å²) < 4.78 is 29.4. The van der Waals surface area contributed by atoms with Gasteiger partial charge < -0.3 is 10.3 Å². The smallest absolute Gasteiger partial charge is 0.312 e. The van der Waals surface area contributed by atoms with Gasteiger partial charge in [0.1, 0.15) is 22.5 Å². The molecule has 0 atom stereocenters. The quantitative estimate of drug-likeness (QED) is 0.425. The molecule has 0 saturated carbocycles. The third-order valence-corrected chi connectivity index (χ3v) is 4.83. The van der Waals surface area contributed by atoms with Crippen LogP contribution in [0.25, 0.3) is 27.8 Å². The number of aromatic nitrogens is 6. The highest BCUT2D eigenvalue weighted by molar-refractivity contribution is 5.82. The predicted octanol–water partition coefficient (Wildman–Crippen LogP) is 2.98. The molecule has 0 aliphatic carbocycles. The van der Waals surface area contributed by atoms with Crippen molar-refractivity contribution >= 4 is 27.9 Å². The Morgan fingerprint density at radius 2 is 1.84 bits per heavy atom. The van der Waals surface area contributed by atoms with Gasteiger partial charge in [-0.1, -0.05) is 24.3 Å². The highest BCUT2D eigenvalue weighted by Crippen LogP contribution is 2.18. The molecule has 0 unspecified atom stereocenters. The lowest BCUT2D eigenvalue weighted by Gasteiger charge is -2.14. The van der Waals surface area contributed by atoms with Gasteiger partial charge in [-0.3, -0.25) is 9.36 Å². The van der Waals surface area contributed by atoms with Gasteiger partial charge in [0.05, 0.1) is 17.5 Å². The van der Waals surface area contributed by atoms with Crippen molar-refractivity contribution in [2.45, 2.75) is 6.42 Å². The summed E-state index contributed by atoms with van der Waals surface area (Å²) in [7, 11) is 0. The molecule has 154 valence electrons. The summed E-state index contributed by atoms with van der Waals surface area (Å²) in [5.74, 6) is 0.0556. The van der Waals surface area contributed by atoms with E-state index >= 15 is 0 Å². The van der Waals surface area contributed by atoms with E-state index in [1.54, 1.807) is 30.3 Å². The van der Waals surface area contributed by atoms with Crippen molar-refractivity contribution in [2.75, 3.05) is 11.9 Å². The maximum atomic E-state index is 14.4. The summed E-state index contributed by atoms with van der Waals surface area (Å²) in [4.78, 5) is 31.9. The average molecular weight is 419 g/mol. The molecule has 0 aliphatic rings. The molecule has 5 aromatic rings. The molecule has 8 nitrogen and oxygen atoms in total. The van der Waals surface area contributed by atoms with E-state index < -0.39 is 17.5 Å². The number of benzene rings is 2. The number of aromatic amines is 1. The van der Waals surface area contributed by atoms with E-state index in [0.29, 0.717) is 17.0 Å². The Balaban J connectivity index is 1.54. The van der Waals surface area contributed by atoms with Gasteiger partial charge in [-0.05, 0) is 24.3 Å². The van der Waals surface area contributed by atoms with Crippen LogP contribution in [0.2, 0.25) is 0 Å². The van der Waals surface area contributed by atoms with Crippen LogP contribution in [0.3, 0.4) is 0 Å². The van der Waals surface area contributed by atoms with Crippen molar-refractivity contribution in [3.63, 3.8) is 0 Å². The molecule has 31 heavy (non-hydrogen) atoms. The van der Waals surface area contributed by atoms with Gasteiger partial charge in [0.2, 0.25) is 0 Å². The van der Waals surface area contributed by atoms with Crippen molar-refractivity contribution in [1.82, 2.24) is 29.5 Å². The number of nitrogens with zero attached hydrogens (tertiary/aromatic N) is 5. The minimum absolute atomic E-state index is 0.0693. The topological polar surface area (TPSA) is 101 Å². The summed E-state index contributed by atoms with van der Waals surface area (Å²) in [5.41, 5.74) is 1.03.